The van der Waals surface area contributed by atoms with Gasteiger partial charge in [-0.15, -0.1) is 0 Å². The van der Waals surface area contributed by atoms with E-state index in [1.165, 1.54) is 24.3 Å². The summed E-state index contributed by atoms with van der Waals surface area (Å²) in [4.78, 5) is 22.1. The first-order valence-electron chi connectivity index (χ1n) is 7.24. The standard InChI is InChI=1S/C17H17N3O3/c1-2-15(12-13-6-4-3-5-7-13)18-19-17(21)14-8-10-16(11-9-14)20(22)23/h3-11H,2,12H2,1H3,(H,19,21)/b18-15+. The van der Waals surface area contributed by atoms with Gasteiger partial charge >= 0.3 is 0 Å². The molecule has 0 saturated carbocycles. The molecule has 0 atom stereocenters. The second-order valence-corrected chi connectivity index (χ2v) is 4.94. The number of nitrogens with zero attached hydrogens (tertiary/aromatic N) is 2. The average molecular weight is 311 g/mol. The summed E-state index contributed by atoms with van der Waals surface area (Å²) in [6.45, 7) is 1.97. The maximum absolute atomic E-state index is 12.0. The van der Waals surface area contributed by atoms with E-state index < -0.39 is 4.92 Å². The number of nitro benzene ring substituents is 1. The third-order valence-electron chi connectivity index (χ3n) is 3.31. The molecule has 6 nitrogen and oxygen atoms in total. The van der Waals surface area contributed by atoms with E-state index in [4.69, 9.17) is 0 Å². The molecule has 0 aliphatic heterocycles. The van der Waals surface area contributed by atoms with Crippen LogP contribution in [0.25, 0.3) is 0 Å². The van der Waals surface area contributed by atoms with E-state index in [-0.39, 0.29) is 11.6 Å². The lowest BCUT2D eigenvalue weighted by Crippen LogP contribution is -2.20. The van der Waals surface area contributed by atoms with Crippen LogP contribution in [0, 0.1) is 10.1 Å². The molecule has 0 aromatic heterocycles. The van der Waals surface area contributed by atoms with Crippen molar-refractivity contribution in [2.75, 3.05) is 0 Å². The van der Waals surface area contributed by atoms with Crippen molar-refractivity contribution in [3.8, 4) is 0 Å². The summed E-state index contributed by atoms with van der Waals surface area (Å²) < 4.78 is 0. The number of hydrogen-bond donors (Lipinski definition) is 1. The summed E-state index contributed by atoms with van der Waals surface area (Å²) in [7, 11) is 0. The van der Waals surface area contributed by atoms with Gasteiger partial charge < -0.3 is 0 Å². The fourth-order valence-corrected chi connectivity index (χ4v) is 2.00. The Morgan fingerprint density at radius 3 is 2.35 bits per heavy atom. The van der Waals surface area contributed by atoms with Crippen molar-refractivity contribution in [1.82, 2.24) is 5.43 Å². The highest BCUT2D eigenvalue weighted by Gasteiger charge is 2.09. The number of carbonyl (C=O) groups is 1. The summed E-state index contributed by atoms with van der Waals surface area (Å²) in [6, 6.07) is 15.3. The van der Waals surface area contributed by atoms with Crippen LogP contribution in [0.1, 0.15) is 29.3 Å². The molecule has 0 heterocycles. The highest BCUT2D eigenvalue weighted by Crippen LogP contribution is 2.11. The number of nitrogens with one attached hydrogen (secondary N) is 1. The van der Waals surface area contributed by atoms with E-state index in [9.17, 15) is 14.9 Å². The number of nitro groups is 1. The number of carbonyl (C=O) groups excluding carboxylic acids is 1. The molecule has 0 bridgehead atoms. The van der Waals surface area contributed by atoms with Gasteiger partial charge in [0.05, 0.1) is 4.92 Å². The first-order chi connectivity index (χ1) is 11.1. The van der Waals surface area contributed by atoms with Crippen molar-refractivity contribution >= 4 is 17.3 Å². The third-order valence-corrected chi connectivity index (χ3v) is 3.31. The van der Waals surface area contributed by atoms with Gasteiger partial charge in [-0.2, -0.15) is 5.10 Å². The molecule has 0 saturated heterocycles. The summed E-state index contributed by atoms with van der Waals surface area (Å²) in [5.74, 6) is -0.390. The molecule has 1 amide bonds. The second kappa shape index (κ2) is 7.84. The van der Waals surface area contributed by atoms with Gasteiger partial charge in [-0.05, 0) is 24.1 Å². The van der Waals surface area contributed by atoms with Gasteiger partial charge in [-0.3, -0.25) is 14.9 Å². The molecule has 0 radical (unpaired) electrons. The Bertz CT molecular complexity index is 710. The molecule has 1 N–H and O–H groups in total. The molecule has 23 heavy (non-hydrogen) atoms. The topological polar surface area (TPSA) is 84.6 Å². The molecule has 0 aliphatic rings. The Morgan fingerprint density at radius 2 is 1.78 bits per heavy atom. The molecule has 2 rings (SSSR count). The predicted octanol–water partition coefficient (Wildman–Crippen LogP) is 3.33. The number of amides is 1. The number of non-ortho nitro benzene ring substituents is 1. The van der Waals surface area contributed by atoms with E-state index >= 15 is 0 Å². The second-order valence-electron chi connectivity index (χ2n) is 4.94. The molecule has 0 fully saturated rings. The quantitative estimate of drug-likeness (QED) is 0.504. The van der Waals surface area contributed by atoms with Gasteiger partial charge in [0, 0.05) is 29.8 Å². The van der Waals surface area contributed by atoms with Gasteiger partial charge in [0.2, 0.25) is 0 Å². The number of rotatable bonds is 6. The molecule has 0 aliphatic carbocycles. The normalized spacial score (nSPS) is 11.1. The maximum atomic E-state index is 12.0. The lowest BCUT2D eigenvalue weighted by atomic mass is 10.1. The molecule has 0 unspecified atom stereocenters. The fraction of sp³-hybridized carbons (Fsp3) is 0.176. The van der Waals surface area contributed by atoms with Gasteiger partial charge in [0.15, 0.2) is 0 Å². The number of benzene rings is 2. The lowest BCUT2D eigenvalue weighted by molar-refractivity contribution is -0.384. The van der Waals surface area contributed by atoms with Crippen molar-refractivity contribution in [2.45, 2.75) is 19.8 Å². The van der Waals surface area contributed by atoms with Crippen molar-refractivity contribution in [1.29, 1.82) is 0 Å². The first kappa shape index (κ1) is 16.4. The average Bonchev–Trinajstić information content (AvgIpc) is 2.59. The lowest BCUT2D eigenvalue weighted by Gasteiger charge is -2.05. The van der Waals surface area contributed by atoms with Gasteiger partial charge in [-0.25, -0.2) is 5.43 Å². The highest BCUT2D eigenvalue weighted by atomic mass is 16.6. The van der Waals surface area contributed by atoms with Crippen molar-refractivity contribution in [3.63, 3.8) is 0 Å². The Morgan fingerprint density at radius 1 is 1.13 bits per heavy atom. The first-order valence-corrected chi connectivity index (χ1v) is 7.24. The zero-order chi connectivity index (χ0) is 16.7. The van der Waals surface area contributed by atoms with Crippen LogP contribution in [0.15, 0.2) is 59.7 Å². The van der Waals surface area contributed by atoms with Crippen LogP contribution in [0.4, 0.5) is 5.69 Å². The summed E-state index contributed by atoms with van der Waals surface area (Å²) in [6.07, 6.45) is 1.38. The number of hydrazone groups is 1. The summed E-state index contributed by atoms with van der Waals surface area (Å²) in [5, 5.41) is 14.7. The van der Waals surface area contributed by atoms with Crippen LogP contribution in [0.2, 0.25) is 0 Å². The minimum atomic E-state index is -0.505. The third kappa shape index (κ3) is 4.74. The Kier molecular flexibility index (Phi) is 5.57. The molecule has 0 spiro atoms. The van der Waals surface area contributed by atoms with Crippen LogP contribution < -0.4 is 5.43 Å². The molecule has 6 heteroatoms. The zero-order valence-corrected chi connectivity index (χ0v) is 12.7. The zero-order valence-electron chi connectivity index (χ0n) is 12.7. The van der Waals surface area contributed by atoms with Gasteiger partial charge in [-0.1, -0.05) is 37.3 Å². The van der Waals surface area contributed by atoms with Crippen LogP contribution in [-0.4, -0.2) is 16.5 Å². The molecule has 2 aromatic rings. The van der Waals surface area contributed by atoms with E-state index in [1.807, 2.05) is 37.3 Å². The summed E-state index contributed by atoms with van der Waals surface area (Å²) in [5.41, 5.74) is 4.75. The van der Waals surface area contributed by atoms with Gasteiger partial charge in [0.25, 0.3) is 11.6 Å². The highest BCUT2D eigenvalue weighted by molar-refractivity contribution is 5.95. The van der Waals surface area contributed by atoms with Crippen LogP contribution in [0.3, 0.4) is 0 Å². The minimum absolute atomic E-state index is 0.0524. The van der Waals surface area contributed by atoms with Crippen LogP contribution in [0.5, 0.6) is 0 Å². The van der Waals surface area contributed by atoms with Crippen molar-refractivity contribution in [3.05, 3.63) is 75.8 Å². The molecule has 2 aromatic carbocycles. The Hall–Kier alpha value is -3.02. The van der Waals surface area contributed by atoms with E-state index in [0.717, 1.165) is 17.7 Å². The predicted molar refractivity (Wildman–Crippen MR) is 88.4 cm³/mol. The molecule has 118 valence electrons. The summed E-state index contributed by atoms with van der Waals surface area (Å²) >= 11 is 0. The molecular formula is C17H17N3O3. The van der Waals surface area contributed by atoms with Crippen molar-refractivity contribution < 1.29 is 9.72 Å². The molecular weight excluding hydrogens is 294 g/mol. The van der Waals surface area contributed by atoms with Crippen molar-refractivity contribution in [2.24, 2.45) is 5.10 Å². The van der Waals surface area contributed by atoms with Crippen LogP contribution >= 0.6 is 0 Å². The number of hydrogen-bond acceptors (Lipinski definition) is 4. The monoisotopic (exact) mass is 311 g/mol. The SMILES string of the molecule is CC/C(Cc1ccccc1)=N\NC(=O)c1ccc([N+](=O)[O-])cc1. The maximum Gasteiger partial charge on any atom is 0.271 e. The van der Waals surface area contributed by atoms with E-state index in [0.29, 0.717) is 12.0 Å². The largest absolute Gasteiger partial charge is 0.271 e. The van der Waals surface area contributed by atoms with Gasteiger partial charge in [0.1, 0.15) is 0 Å². The minimum Gasteiger partial charge on any atom is -0.267 e. The Balaban J connectivity index is 2.01. The van der Waals surface area contributed by atoms with E-state index in [2.05, 4.69) is 10.5 Å². The smallest absolute Gasteiger partial charge is 0.267 e. The van der Waals surface area contributed by atoms with Crippen LogP contribution in [-0.2, 0) is 6.42 Å². The fourth-order valence-electron chi connectivity index (χ4n) is 2.00. The Labute approximate surface area is 134 Å². The van der Waals surface area contributed by atoms with E-state index in [1.54, 1.807) is 0 Å².